The topological polar surface area (TPSA) is 66.9 Å². The number of rotatable bonds is 7. The highest BCUT2D eigenvalue weighted by Crippen LogP contribution is 2.06. The van der Waals surface area contributed by atoms with Crippen LogP contribution in [0.5, 0.6) is 0 Å². The number of anilines is 1. The van der Waals surface area contributed by atoms with E-state index in [9.17, 15) is 4.79 Å². The summed E-state index contributed by atoms with van der Waals surface area (Å²) < 4.78 is 0. The molecule has 2 N–H and O–H groups in total. The Labute approximate surface area is 115 Å². The third-order valence-corrected chi connectivity index (χ3v) is 2.57. The summed E-state index contributed by atoms with van der Waals surface area (Å²) in [5.74, 6) is 0.895. The fourth-order valence-corrected chi connectivity index (χ4v) is 1.53. The van der Waals surface area contributed by atoms with Crippen LogP contribution in [0.1, 0.15) is 49.8 Å². The van der Waals surface area contributed by atoms with Gasteiger partial charge in [-0.15, -0.1) is 0 Å². The first-order valence-corrected chi connectivity index (χ1v) is 6.90. The lowest BCUT2D eigenvalue weighted by molar-refractivity contribution is 0.0948. The number of carbonyl (C=O) groups is 1. The van der Waals surface area contributed by atoms with Crippen molar-refractivity contribution in [3.8, 4) is 0 Å². The van der Waals surface area contributed by atoms with Crippen LogP contribution in [-0.4, -0.2) is 29.0 Å². The third-order valence-electron chi connectivity index (χ3n) is 2.57. The van der Waals surface area contributed by atoms with Gasteiger partial charge in [0.1, 0.15) is 5.69 Å². The van der Waals surface area contributed by atoms with E-state index in [1.807, 2.05) is 6.92 Å². The molecule has 106 valence electrons. The van der Waals surface area contributed by atoms with Crippen LogP contribution in [0.2, 0.25) is 0 Å². The highest BCUT2D eigenvalue weighted by molar-refractivity contribution is 5.92. The van der Waals surface area contributed by atoms with Crippen LogP contribution in [0.3, 0.4) is 0 Å². The first-order valence-electron chi connectivity index (χ1n) is 6.90. The van der Waals surface area contributed by atoms with Crippen molar-refractivity contribution in [3.63, 3.8) is 0 Å². The zero-order chi connectivity index (χ0) is 14.3. The van der Waals surface area contributed by atoms with Gasteiger partial charge in [0, 0.05) is 18.8 Å². The van der Waals surface area contributed by atoms with Crippen LogP contribution >= 0.6 is 0 Å². The molecule has 19 heavy (non-hydrogen) atoms. The SMILES string of the molecule is CCCCNC(=O)c1cc(C)nc(NCC(C)C)n1. The predicted octanol–water partition coefficient (Wildman–Crippen LogP) is 2.38. The van der Waals surface area contributed by atoms with E-state index in [1.165, 1.54) is 0 Å². The number of hydrogen-bond acceptors (Lipinski definition) is 4. The molecule has 0 bridgehead atoms. The molecule has 1 rings (SSSR count). The average Bonchev–Trinajstić information content (AvgIpc) is 2.36. The first kappa shape index (κ1) is 15.4. The number of hydrogen-bond donors (Lipinski definition) is 2. The number of aryl methyl sites for hydroxylation is 1. The summed E-state index contributed by atoms with van der Waals surface area (Å²) in [6.07, 6.45) is 2.04. The van der Waals surface area contributed by atoms with Gasteiger partial charge in [-0.25, -0.2) is 9.97 Å². The molecule has 0 aliphatic rings. The van der Waals surface area contributed by atoms with Crippen LogP contribution < -0.4 is 10.6 Å². The van der Waals surface area contributed by atoms with E-state index in [0.29, 0.717) is 24.1 Å². The smallest absolute Gasteiger partial charge is 0.270 e. The summed E-state index contributed by atoms with van der Waals surface area (Å²) >= 11 is 0. The maximum atomic E-state index is 11.9. The molecule has 1 aromatic heterocycles. The van der Waals surface area contributed by atoms with Gasteiger partial charge < -0.3 is 10.6 Å². The van der Waals surface area contributed by atoms with Crippen LogP contribution in [-0.2, 0) is 0 Å². The molecular weight excluding hydrogens is 240 g/mol. The second kappa shape index (κ2) is 7.71. The molecule has 0 saturated heterocycles. The second-order valence-corrected chi connectivity index (χ2v) is 5.10. The first-order chi connectivity index (χ1) is 9.02. The molecule has 5 nitrogen and oxygen atoms in total. The summed E-state index contributed by atoms with van der Waals surface area (Å²) in [5, 5.41) is 6.01. The van der Waals surface area contributed by atoms with Gasteiger partial charge in [0.2, 0.25) is 5.95 Å². The summed E-state index contributed by atoms with van der Waals surface area (Å²) in [6, 6.07) is 1.71. The molecule has 0 spiro atoms. The largest absolute Gasteiger partial charge is 0.354 e. The lowest BCUT2D eigenvalue weighted by Gasteiger charge is -2.10. The Kier molecular flexibility index (Phi) is 6.25. The van der Waals surface area contributed by atoms with Crippen LogP contribution in [0, 0.1) is 12.8 Å². The van der Waals surface area contributed by atoms with E-state index in [2.05, 4.69) is 41.4 Å². The quantitative estimate of drug-likeness (QED) is 0.742. The monoisotopic (exact) mass is 264 g/mol. The lowest BCUT2D eigenvalue weighted by atomic mass is 10.2. The van der Waals surface area contributed by atoms with Gasteiger partial charge in [0.25, 0.3) is 5.91 Å². The van der Waals surface area contributed by atoms with Gasteiger partial charge in [-0.2, -0.15) is 0 Å². The summed E-state index contributed by atoms with van der Waals surface area (Å²) in [7, 11) is 0. The number of carbonyl (C=O) groups excluding carboxylic acids is 1. The van der Waals surface area contributed by atoms with Crippen molar-refractivity contribution in [1.29, 1.82) is 0 Å². The van der Waals surface area contributed by atoms with Gasteiger partial charge >= 0.3 is 0 Å². The number of unbranched alkanes of at least 4 members (excludes halogenated alkanes) is 1. The molecule has 0 radical (unpaired) electrons. The molecule has 0 fully saturated rings. The highest BCUT2D eigenvalue weighted by Gasteiger charge is 2.10. The van der Waals surface area contributed by atoms with Crippen LogP contribution in [0.15, 0.2) is 6.07 Å². The molecule has 0 aliphatic carbocycles. The number of aromatic nitrogens is 2. The normalized spacial score (nSPS) is 10.6. The fraction of sp³-hybridized carbons (Fsp3) is 0.643. The Morgan fingerprint density at radius 1 is 1.37 bits per heavy atom. The van der Waals surface area contributed by atoms with Gasteiger partial charge in [0.05, 0.1) is 0 Å². The third kappa shape index (κ3) is 5.68. The van der Waals surface area contributed by atoms with Gasteiger partial charge in [-0.1, -0.05) is 27.2 Å². The van der Waals surface area contributed by atoms with Crippen molar-refractivity contribution in [2.75, 3.05) is 18.4 Å². The van der Waals surface area contributed by atoms with Crippen molar-refractivity contribution < 1.29 is 4.79 Å². The Morgan fingerprint density at radius 2 is 2.11 bits per heavy atom. The van der Waals surface area contributed by atoms with Crippen molar-refractivity contribution >= 4 is 11.9 Å². The maximum Gasteiger partial charge on any atom is 0.270 e. The number of amides is 1. The molecule has 1 aromatic rings. The van der Waals surface area contributed by atoms with Gasteiger partial charge in [-0.05, 0) is 25.3 Å². The maximum absolute atomic E-state index is 11.9. The Morgan fingerprint density at radius 3 is 2.74 bits per heavy atom. The molecular formula is C14H24N4O. The molecule has 0 aromatic carbocycles. The molecule has 0 unspecified atom stereocenters. The van der Waals surface area contributed by atoms with Gasteiger partial charge in [0.15, 0.2) is 0 Å². The molecule has 0 saturated carbocycles. The highest BCUT2D eigenvalue weighted by atomic mass is 16.1. The summed E-state index contributed by atoms with van der Waals surface area (Å²) in [5.41, 5.74) is 1.22. The van der Waals surface area contributed by atoms with Crippen molar-refractivity contribution in [2.45, 2.75) is 40.5 Å². The minimum atomic E-state index is -0.133. The van der Waals surface area contributed by atoms with E-state index < -0.39 is 0 Å². The minimum Gasteiger partial charge on any atom is -0.354 e. The molecule has 1 heterocycles. The summed E-state index contributed by atoms with van der Waals surface area (Å²) in [6.45, 7) is 9.66. The second-order valence-electron chi connectivity index (χ2n) is 5.10. The van der Waals surface area contributed by atoms with E-state index in [1.54, 1.807) is 6.07 Å². The van der Waals surface area contributed by atoms with E-state index in [0.717, 1.165) is 25.1 Å². The zero-order valence-electron chi connectivity index (χ0n) is 12.3. The molecule has 1 amide bonds. The predicted molar refractivity (Wildman–Crippen MR) is 77.3 cm³/mol. The summed E-state index contributed by atoms with van der Waals surface area (Å²) in [4.78, 5) is 20.5. The Hall–Kier alpha value is -1.65. The number of nitrogens with one attached hydrogen (secondary N) is 2. The molecule has 0 aliphatic heterocycles. The van der Waals surface area contributed by atoms with E-state index in [-0.39, 0.29) is 5.91 Å². The van der Waals surface area contributed by atoms with Crippen molar-refractivity contribution in [3.05, 3.63) is 17.5 Å². The lowest BCUT2D eigenvalue weighted by Crippen LogP contribution is -2.26. The van der Waals surface area contributed by atoms with Gasteiger partial charge in [-0.3, -0.25) is 4.79 Å². The average molecular weight is 264 g/mol. The number of nitrogens with zero attached hydrogens (tertiary/aromatic N) is 2. The van der Waals surface area contributed by atoms with Crippen molar-refractivity contribution in [2.24, 2.45) is 5.92 Å². The molecule has 5 heteroatoms. The molecule has 0 atom stereocenters. The van der Waals surface area contributed by atoms with Crippen LogP contribution in [0.4, 0.5) is 5.95 Å². The van der Waals surface area contributed by atoms with E-state index in [4.69, 9.17) is 0 Å². The zero-order valence-corrected chi connectivity index (χ0v) is 12.3. The fourth-order valence-electron chi connectivity index (χ4n) is 1.53. The van der Waals surface area contributed by atoms with E-state index >= 15 is 0 Å². The standard InChI is InChI=1S/C14H24N4O/c1-5-6-7-15-13(19)12-8-11(4)17-14(18-12)16-9-10(2)3/h8,10H,5-7,9H2,1-4H3,(H,15,19)(H,16,17,18). The Bertz CT molecular complexity index is 418. The minimum absolute atomic E-state index is 0.133. The van der Waals surface area contributed by atoms with Crippen LogP contribution in [0.25, 0.3) is 0 Å². The van der Waals surface area contributed by atoms with Crippen molar-refractivity contribution in [1.82, 2.24) is 15.3 Å². The Balaban J connectivity index is 2.69.